The number of rotatable bonds is 1. The Hall–Kier alpha value is -3.26. The summed E-state index contributed by atoms with van der Waals surface area (Å²) in [5.41, 5.74) is 4.05. The first kappa shape index (κ1) is 13.2. The van der Waals surface area contributed by atoms with Crippen molar-refractivity contribution in [2.75, 3.05) is 0 Å². The minimum atomic E-state index is 0.956. The summed E-state index contributed by atoms with van der Waals surface area (Å²) in [6.45, 7) is 0. The summed E-state index contributed by atoms with van der Waals surface area (Å²) in [5, 5.41) is 4.69. The largest absolute Gasteiger partial charge is 0.254 e. The van der Waals surface area contributed by atoms with E-state index in [0.29, 0.717) is 0 Å². The highest BCUT2D eigenvalue weighted by Crippen LogP contribution is 2.30. The summed E-state index contributed by atoms with van der Waals surface area (Å²) < 4.78 is 0. The Morgan fingerprint density at radius 1 is 0.542 bits per heavy atom. The van der Waals surface area contributed by atoms with Crippen LogP contribution in [0.4, 0.5) is 0 Å². The second kappa shape index (κ2) is 5.14. The fraction of sp³-hybridized carbons (Fsp3) is 0. The predicted octanol–water partition coefficient (Wildman–Crippen LogP) is 5.60. The molecule has 112 valence electrons. The summed E-state index contributed by atoms with van der Waals surface area (Å²) in [5.74, 6) is 0. The van der Waals surface area contributed by atoms with E-state index in [-0.39, 0.29) is 0 Å². The second-order valence-electron chi connectivity index (χ2n) is 5.94. The van der Waals surface area contributed by atoms with Gasteiger partial charge in [-0.1, -0.05) is 66.7 Å². The van der Waals surface area contributed by atoms with E-state index in [1.807, 2.05) is 12.3 Å². The lowest BCUT2D eigenvalue weighted by Gasteiger charge is -2.08. The van der Waals surface area contributed by atoms with Gasteiger partial charge in [-0.05, 0) is 22.9 Å². The molecule has 2 nitrogen and oxygen atoms in total. The Kier molecular flexibility index (Phi) is 2.83. The fourth-order valence-electron chi connectivity index (χ4n) is 3.32. The second-order valence-corrected chi connectivity index (χ2v) is 5.94. The summed E-state index contributed by atoms with van der Waals surface area (Å²) in [7, 11) is 0. The van der Waals surface area contributed by atoms with Crippen molar-refractivity contribution >= 4 is 32.6 Å². The van der Waals surface area contributed by atoms with Crippen molar-refractivity contribution in [1.29, 1.82) is 0 Å². The molecule has 0 unspecified atom stereocenters. The molecule has 0 N–H and O–H groups in total. The van der Waals surface area contributed by atoms with Crippen molar-refractivity contribution in [3.8, 4) is 11.3 Å². The van der Waals surface area contributed by atoms with E-state index in [9.17, 15) is 0 Å². The molecule has 0 saturated carbocycles. The van der Waals surface area contributed by atoms with Gasteiger partial charge < -0.3 is 0 Å². The minimum absolute atomic E-state index is 0.956. The monoisotopic (exact) mass is 306 g/mol. The van der Waals surface area contributed by atoms with Crippen LogP contribution in [-0.2, 0) is 0 Å². The van der Waals surface area contributed by atoms with Crippen LogP contribution >= 0.6 is 0 Å². The molecule has 2 heterocycles. The molecule has 2 heteroatoms. The van der Waals surface area contributed by atoms with Crippen LogP contribution in [0, 0.1) is 0 Å². The van der Waals surface area contributed by atoms with Crippen molar-refractivity contribution in [1.82, 2.24) is 9.97 Å². The highest BCUT2D eigenvalue weighted by Gasteiger charge is 2.08. The van der Waals surface area contributed by atoms with Gasteiger partial charge in [0.05, 0.1) is 16.7 Å². The summed E-state index contributed by atoms with van der Waals surface area (Å²) in [4.78, 5) is 9.51. The minimum Gasteiger partial charge on any atom is -0.254 e. The SMILES string of the molecule is c1ccc2c(-c3ccc4ccc5cccnc5c4n3)cccc2c1. The molecule has 0 aliphatic carbocycles. The van der Waals surface area contributed by atoms with Crippen LogP contribution in [0.2, 0.25) is 0 Å². The standard InChI is InChI=1S/C22H14N2/c1-2-8-18-15(5-1)6-3-9-19(18)20-13-12-17-11-10-16-7-4-14-23-21(16)22(17)24-20/h1-14H. The zero-order valence-electron chi connectivity index (χ0n) is 13.0. The van der Waals surface area contributed by atoms with Crippen molar-refractivity contribution in [3.05, 3.63) is 85.1 Å². The maximum absolute atomic E-state index is 4.96. The van der Waals surface area contributed by atoms with Crippen molar-refractivity contribution < 1.29 is 0 Å². The lowest BCUT2D eigenvalue weighted by atomic mass is 10.0. The van der Waals surface area contributed by atoms with Crippen LogP contribution in [0.3, 0.4) is 0 Å². The van der Waals surface area contributed by atoms with Crippen LogP contribution in [0.25, 0.3) is 43.8 Å². The van der Waals surface area contributed by atoms with Crippen LogP contribution in [0.15, 0.2) is 85.1 Å². The average Bonchev–Trinajstić information content (AvgIpc) is 2.67. The first-order valence-corrected chi connectivity index (χ1v) is 8.03. The number of benzene rings is 3. The fourth-order valence-corrected chi connectivity index (χ4v) is 3.32. The van der Waals surface area contributed by atoms with Crippen LogP contribution in [0.5, 0.6) is 0 Å². The van der Waals surface area contributed by atoms with E-state index < -0.39 is 0 Å². The molecule has 2 aromatic heterocycles. The highest BCUT2D eigenvalue weighted by molar-refractivity contribution is 6.04. The summed E-state index contributed by atoms with van der Waals surface area (Å²) in [6.07, 6.45) is 1.83. The van der Waals surface area contributed by atoms with E-state index in [1.165, 1.54) is 10.8 Å². The number of nitrogens with zero attached hydrogens (tertiary/aromatic N) is 2. The molecule has 0 fully saturated rings. The van der Waals surface area contributed by atoms with Gasteiger partial charge in [0.2, 0.25) is 0 Å². The Balaban J connectivity index is 1.85. The van der Waals surface area contributed by atoms with Gasteiger partial charge in [-0.25, -0.2) is 4.98 Å². The number of fused-ring (bicyclic) bond motifs is 4. The third kappa shape index (κ3) is 1.97. The number of hydrogen-bond acceptors (Lipinski definition) is 2. The zero-order chi connectivity index (χ0) is 15.9. The maximum atomic E-state index is 4.96. The molecule has 0 spiro atoms. The lowest BCUT2D eigenvalue weighted by Crippen LogP contribution is -1.89. The van der Waals surface area contributed by atoms with Crippen LogP contribution in [0.1, 0.15) is 0 Å². The van der Waals surface area contributed by atoms with Gasteiger partial charge in [-0.15, -0.1) is 0 Å². The van der Waals surface area contributed by atoms with E-state index in [0.717, 1.165) is 33.1 Å². The molecule has 0 amide bonds. The van der Waals surface area contributed by atoms with E-state index in [1.54, 1.807) is 0 Å². The van der Waals surface area contributed by atoms with Crippen LogP contribution in [-0.4, -0.2) is 9.97 Å². The molecule has 3 aromatic carbocycles. The molecule has 0 aliphatic heterocycles. The first-order chi connectivity index (χ1) is 11.9. The molecular weight excluding hydrogens is 292 g/mol. The van der Waals surface area contributed by atoms with E-state index in [2.05, 4.69) is 77.8 Å². The Labute approximate surface area is 139 Å². The Morgan fingerprint density at radius 2 is 1.29 bits per heavy atom. The molecule has 0 aliphatic rings. The average molecular weight is 306 g/mol. The van der Waals surface area contributed by atoms with Gasteiger partial charge in [0.15, 0.2) is 0 Å². The molecule has 5 aromatic rings. The quantitative estimate of drug-likeness (QED) is 0.376. The predicted molar refractivity (Wildman–Crippen MR) is 100.0 cm³/mol. The molecular formula is C22H14N2. The maximum Gasteiger partial charge on any atom is 0.0972 e. The van der Waals surface area contributed by atoms with Crippen LogP contribution < -0.4 is 0 Å². The molecule has 5 rings (SSSR count). The van der Waals surface area contributed by atoms with Gasteiger partial charge in [0.25, 0.3) is 0 Å². The van der Waals surface area contributed by atoms with Crippen molar-refractivity contribution in [2.24, 2.45) is 0 Å². The number of hydrogen-bond donors (Lipinski definition) is 0. The van der Waals surface area contributed by atoms with Crippen molar-refractivity contribution in [2.45, 2.75) is 0 Å². The third-order valence-corrected chi connectivity index (χ3v) is 4.50. The number of pyridine rings is 2. The summed E-state index contributed by atoms with van der Waals surface area (Å²) in [6, 6.07) is 27.3. The Bertz CT molecular complexity index is 1200. The lowest BCUT2D eigenvalue weighted by molar-refractivity contribution is 1.37. The number of aromatic nitrogens is 2. The van der Waals surface area contributed by atoms with Gasteiger partial charge in [0, 0.05) is 22.5 Å². The molecule has 0 saturated heterocycles. The third-order valence-electron chi connectivity index (χ3n) is 4.50. The van der Waals surface area contributed by atoms with Gasteiger partial charge in [0.1, 0.15) is 0 Å². The van der Waals surface area contributed by atoms with E-state index >= 15 is 0 Å². The molecule has 0 atom stereocenters. The summed E-state index contributed by atoms with van der Waals surface area (Å²) >= 11 is 0. The molecule has 24 heavy (non-hydrogen) atoms. The first-order valence-electron chi connectivity index (χ1n) is 8.03. The van der Waals surface area contributed by atoms with E-state index in [4.69, 9.17) is 4.98 Å². The topological polar surface area (TPSA) is 25.8 Å². The zero-order valence-corrected chi connectivity index (χ0v) is 13.0. The van der Waals surface area contributed by atoms with Gasteiger partial charge in [-0.3, -0.25) is 4.98 Å². The normalized spacial score (nSPS) is 11.3. The molecule has 0 bridgehead atoms. The Morgan fingerprint density at radius 3 is 2.25 bits per heavy atom. The highest BCUT2D eigenvalue weighted by atomic mass is 14.7. The molecule has 0 radical (unpaired) electrons. The smallest absolute Gasteiger partial charge is 0.0972 e. The van der Waals surface area contributed by atoms with Crippen molar-refractivity contribution in [3.63, 3.8) is 0 Å². The van der Waals surface area contributed by atoms with Gasteiger partial charge >= 0.3 is 0 Å². The van der Waals surface area contributed by atoms with Gasteiger partial charge in [-0.2, -0.15) is 0 Å².